The van der Waals surface area contributed by atoms with Gasteiger partial charge >= 0.3 is 0 Å². The molecule has 0 unspecified atom stereocenters. The number of unbranched alkanes of at least 4 members (excludes halogenated alkanes) is 3. The van der Waals surface area contributed by atoms with Gasteiger partial charge < -0.3 is 5.11 Å². The summed E-state index contributed by atoms with van der Waals surface area (Å²) in [7, 11) is 0. The zero-order valence-electron chi connectivity index (χ0n) is 12.0. The Morgan fingerprint density at radius 3 is 2.18 bits per heavy atom. The first kappa shape index (κ1) is 15.0. The molecule has 0 radical (unpaired) electrons. The lowest BCUT2D eigenvalue weighted by Gasteiger charge is -2.39. The molecule has 0 amide bonds. The lowest BCUT2D eigenvalue weighted by Crippen LogP contribution is -2.31. The predicted octanol–water partition coefficient (Wildman–Crippen LogP) is 4.93. The van der Waals surface area contributed by atoms with Crippen molar-refractivity contribution in [2.24, 2.45) is 11.3 Å². The Morgan fingerprint density at radius 2 is 1.65 bits per heavy atom. The SMILES string of the molecule is CCCCCC1(CO)CCC(CCCC)CC1. The molecule has 0 aromatic heterocycles. The van der Waals surface area contributed by atoms with Crippen molar-refractivity contribution < 1.29 is 5.11 Å². The lowest BCUT2D eigenvalue weighted by molar-refractivity contribution is 0.0516. The molecule has 0 spiro atoms. The Hall–Kier alpha value is -0.0400. The smallest absolute Gasteiger partial charge is 0.0487 e. The van der Waals surface area contributed by atoms with Crippen molar-refractivity contribution in [1.82, 2.24) is 0 Å². The third-order valence-corrected chi connectivity index (χ3v) is 4.78. The zero-order valence-corrected chi connectivity index (χ0v) is 12.0. The molecule has 1 aliphatic carbocycles. The van der Waals surface area contributed by atoms with Gasteiger partial charge in [-0.05, 0) is 43.4 Å². The first-order chi connectivity index (χ1) is 8.26. The Balaban J connectivity index is 2.29. The highest BCUT2D eigenvalue weighted by Crippen LogP contribution is 2.43. The van der Waals surface area contributed by atoms with Crippen LogP contribution in [0, 0.1) is 11.3 Å². The van der Waals surface area contributed by atoms with Gasteiger partial charge in [-0.3, -0.25) is 0 Å². The van der Waals surface area contributed by atoms with Gasteiger partial charge in [-0.15, -0.1) is 0 Å². The molecule has 0 atom stereocenters. The molecule has 17 heavy (non-hydrogen) atoms. The van der Waals surface area contributed by atoms with Gasteiger partial charge in [0.05, 0.1) is 0 Å². The Bertz CT molecular complexity index is 180. The minimum atomic E-state index is 0.303. The van der Waals surface area contributed by atoms with Gasteiger partial charge in [0.1, 0.15) is 0 Å². The van der Waals surface area contributed by atoms with E-state index < -0.39 is 0 Å². The van der Waals surface area contributed by atoms with Crippen LogP contribution < -0.4 is 0 Å². The Kier molecular flexibility index (Phi) is 7.18. The van der Waals surface area contributed by atoms with Crippen molar-refractivity contribution in [3.8, 4) is 0 Å². The molecule has 0 aromatic carbocycles. The molecule has 0 bridgehead atoms. The van der Waals surface area contributed by atoms with E-state index in [0.29, 0.717) is 12.0 Å². The molecular weight excluding hydrogens is 208 g/mol. The van der Waals surface area contributed by atoms with Gasteiger partial charge in [-0.25, -0.2) is 0 Å². The largest absolute Gasteiger partial charge is 0.396 e. The van der Waals surface area contributed by atoms with Crippen molar-refractivity contribution >= 4 is 0 Å². The summed E-state index contributed by atoms with van der Waals surface area (Å²) in [6.07, 6.45) is 14.6. The van der Waals surface area contributed by atoms with Crippen molar-refractivity contribution in [2.75, 3.05) is 6.61 Å². The van der Waals surface area contributed by atoms with E-state index in [1.165, 1.54) is 70.6 Å². The van der Waals surface area contributed by atoms with Crippen LogP contribution in [0.3, 0.4) is 0 Å². The average molecular weight is 240 g/mol. The van der Waals surface area contributed by atoms with Crippen LogP contribution in [-0.2, 0) is 0 Å². The molecule has 1 aliphatic rings. The maximum absolute atomic E-state index is 9.70. The summed E-state index contributed by atoms with van der Waals surface area (Å²) in [4.78, 5) is 0. The molecule has 102 valence electrons. The number of aliphatic hydroxyl groups excluding tert-OH is 1. The fourth-order valence-electron chi connectivity index (χ4n) is 3.31. The molecule has 0 heterocycles. The second-order valence-corrected chi connectivity index (χ2v) is 6.20. The summed E-state index contributed by atoms with van der Waals surface area (Å²) in [5.41, 5.74) is 0.303. The Morgan fingerprint density at radius 1 is 1.00 bits per heavy atom. The highest BCUT2D eigenvalue weighted by Gasteiger charge is 2.33. The highest BCUT2D eigenvalue weighted by molar-refractivity contribution is 4.85. The van der Waals surface area contributed by atoms with Crippen molar-refractivity contribution in [2.45, 2.75) is 84.5 Å². The van der Waals surface area contributed by atoms with Gasteiger partial charge in [0.25, 0.3) is 0 Å². The van der Waals surface area contributed by atoms with Crippen LogP contribution in [0.2, 0.25) is 0 Å². The first-order valence-electron chi connectivity index (χ1n) is 7.87. The topological polar surface area (TPSA) is 20.2 Å². The van der Waals surface area contributed by atoms with E-state index in [1.54, 1.807) is 0 Å². The number of aliphatic hydroxyl groups is 1. The Labute approximate surface area is 108 Å². The quantitative estimate of drug-likeness (QED) is 0.597. The molecule has 0 aromatic rings. The summed E-state index contributed by atoms with van der Waals surface area (Å²) in [5, 5.41) is 9.70. The second-order valence-electron chi connectivity index (χ2n) is 6.20. The van der Waals surface area contributed by atoms with Crippen LogP contribution in [0.15, 0.2) is 0 Å². The van der Waals surface area contributed by atoms with Gasteiger partial charge in [0, 0.05) is 6.61 Å². The van der Waals surface area contributed by atoms with Gasteiger partial charge in [-0.2, -0.15) is 0 Å². The summed E-state index contributed by atoms with van der Waals surface area (Å²) in [5.74, 6) is 0.959. The molecule has 1 heteroatoms. The van der Waals surface area contributed by atoms with Gasteiger partial charge in [0.2, 0.25) is 0 Å². The third-order valence-electron chi connectivity index (χ3n) is 4.78. The molecule has 1 nitrogen and oxygen atoms in total. The van der Waals surface area contributed by atoms with Crippen molar-refractivity contribution in [1.29, 1.82) is 0 Å². The molecule has 1 fully saturated rings. The van der Waals surface area contributed by atoms with E-state index in [0.717, 1.165) is 5.92 Å². The van der Waals surface area contributed by atoms with Crippen LogP contribution in [0.5, 0.6) is 0 Å². The predicted molar refractivity (Wildman–Crippen MR) is 75.1 cm³/mol. The molecule has 1 rings (SSSR count). The number of rotatable bonds is 8. The second kappa shape index (κ2) is 8.13. The van der Waals surface area contributed by atoms with E-state index in [4.69, 9.17) is 0 Å². The van der Waals surface area contributed by atoms with E-state index in [9.17, 15) is 5.11 Å². The monoisotopic (exact) mass is 240 g/mol. The van der Waals surface area contributed by atoms with Crippen LogP contribution in [0.4, 0.5) is 0 Å². The molecule has 0 saturated heterocycles. The summed E-state index contributed by atoms with van der Waals surface area (Å²) in [6.45, 7) is 4.97. The fraction of sp³-hybridized carbons (Fsp3) is 1.00. The van der Waals surface area contributed by atoms with E-state index in [-0.39, 0.29) is 0 Å². The molecular formula is C16H32O. The highest BCUT2D eigenvalue weighted by atomic mass is 16.3. The normalized spacial score (nSPS) is 29.5. The van der Waals surface area contributed by atoms with E-state index in [1.807, 2.05) is 0 Å². The number of hydrogen-bond donors (Lipinski definition) is 1. The van der Waals surface area contributed by atoms with Crippen molar-refractivity contribution in [3.05, 3.63) is 0 Å². The van der Waals surface area contributed by atoms with Gasteiger partial charge in [-0.1, -0.05) is 52.4 Å². The summed E-state index contributed by atoms with van der Waals surface area (Å²) >= 11 is 0. The average Bonchev–Trinajstić information content (AvgIpc) is 2.38. The van der Waals surface area contributed by atoms with Gasteiger partial charge in [0.15, 0.2) is 0 Å². The maximum Gasteiger partial charge on any atom is 0.0487 e. The lowest BCUT2D eigenvalue weighted by atomic mass is 9.67. The van der Waals surface area contributed by atoms with E-state index in [2.05, 4.69) is 13.8 Å². The van der Waals surface area contributed by atoms with Crippen LogP contribution in [-0.4, -0.2) is 11.7 Å². The molecule has 1 saturated carbocycles. The van der Waals surface area contributed by atoms with Crippen LogP contribution in [0.1, 0.15) is 84.5 Å². The minimum Gasteiger partial charge on any atom is -0.396 e. The molecule has 0 aliphatic heterocycles. The maximum atomic E-state index is 9.70. The standard InChI is InChI=1S/C16H32O/c1-3-5-7-11-16(14-17)12-9-15(10-13-16)8-6-4-2/h15,17H,3-14H2,1-2H3. The summed E-state index contributed by atoms with van der Waals surface area (Å²) in [6, 6.07) is 0. The first-order valence-corrected chi connectivity index (χ1v) is 7.87. The minimum absolute atomic E-state index is 0.303. The molecule has 1 N–H and O–H groups in total. The summed E-state index contributed by atoms with van der Waals surface area (Å²) < 4.78 is 0. The zero-order chi connectivity index (χ0) is 12.6. The van der Waals surface area contributed by atoms with Crippen LogP contribution >= 0.6 is 0 Å². The van der Waals surface area contributed by atoms with Crippen molar-refractivity contribution in [3.63, 3.8) is 0 Å². The fourth-order valence-corrected chi connectivity index (χ4v) is 3.31. The van der Waals surface area contributed by atoms with E-state index >= 15 is 0 Å². The van der Waals surface area contributed by atoms with Crippen LogP contribution in [0.25, 0.3) is 0 Å². The third kappa shape index (κ3) is 4.99. The number of hydrogen-bond acceptors (Lipinski definition) is 1.